The zero-order valence-corrected chi connectivity index (χ0v) is 89.6. The second kappa shape index (κ2) is 90.4. The number of oxazole rings is 3. The lowest BCUT2D eigenvalue weighted by molar-refractivity contribution is 0.447. The summed E-state index contributed by atoms with van der Waals surface area (Å²) in [6.07, 6.45) is 21.8. The highest BCUT2D eigenvalue weighted by molar-refractivity contribution is 7.12. The number of hydrogen-bond donors (Lipinski definition) is 2. The van der Waals surface area contributed by atoms with Crippen LogP contribution in [-0.4, -0.2) is 90.5 Å². The third-order valence-electron chi connectivity index (χ3n) is 12.0. The molecule has 22 nitrogen and oxygen atoms in total. The van der Waals surface area contributed by atoms with Crippen molar-refractivity contribution < 1.29 is 17.7 Å². The maximum atomic E-state index is 5.36. The molecule has 0 atom stereocenters. The summed E-state index contributed by atoms with van der Waals surface area (Å²) < 4.78 is 24.5. The molecule has 0 saturated heterocycles. The van der Waals surface area contributed by atoms with E-state index in [1.54, 1.807) is 35.3 Å². The number of hydrogen-bond acceptors (Lipinski definition) is 20. The average Bonchev–Trinajstić information content (AvgIpc) is 1.73. The molecule has 0 saturated carbocycles. The predicted molar refractivity (Wildman–Crippen MR) is 528 cm³/mol. The minimum atomic E-state index is 0.339. The highest BCUT2D eigenvalue weighted by Crippen LogP contribution is 2.24. The van der Waals surface area contributed by atoms with E-state index >= 15 is 0 Å². The molecule has 2 N–H and O–H groups in total. The van der Waals surface area contributed by atoms with Gasteiger partial charge in [0, 0.05) is 103 Å². The van der Waals surface area contributed by atoms with E-state index in [4.69, 9.17) is 17.7 Å². The minimum Gasteiger partial charge on any atom is -0.446 e. The van der Waals surface area contributed by atoms with Gasteiger partial charge in [-0.3, -0.25) is 9.78 Å². The second-order valence-electron chi connectivity index (χ2n) is 32.0. The van der Waals surface area contributed by atoms with Crippen LogP contribution in [0.5, 0.6) is 0 Å². The summed E-state index contributed by atoms with van der Waals surface area (Å²) in [4.78, 5) is 26.5. The first-order valence-electron chi connectivity index (χ1n) is 45.6. The van der Waals surface area contributed by atoms with Crippen LogP contribution in [0.15, 0.2) is 60.8 Å². The summed E-state index contributed by atoms with van der Waals surface area (Å²) in [5.41, 5.74) is 4.27. The van der Waals surface area contributed by atoms with Crippen molar-refractivity contribution in [3.05, 3.63) is 150 Å². The molecule has 0 spiro atoms. The second-order valence-corrected chi connectivity index (χ2v) is 34.5. The number of nitrogens with one attached hydrogen (secondary N) is 2. The van der Waals surface area contributed by atoms with Gasteiger partial charge >= 0.3 is 0 Å². The van der Waals surface area contributed by atoms with Gasteiger partial charge in [0.2, 0.25) is 11.8 Å². The number of aromatic amines is 2. The molecule has 0 aromatic carbocycles. The highest BCUT2D eigenvalue weighted by Gasteiger charge is 2.11. The quantitative estimate of drug-likeness (QED) is 0.129. The molecule has 24 heteroatoms. The van der Waals surface area contributed by atoms with E-state index in [1.807, 2.05) is 111 Å². The Labute approximate surface area is 753 Å². The lowest BCUT2D eigenvalue weighted by Crippen LogP contribution is -2.00. The Hall–Kier alpha value is -7.34. The van der Waals surface area contributed by atoms with Gasteiger partial charge in [0.15, 0.2) is 23.5 Å². The molecule has 0 fully saturated rings. The Balaban J connectivity index is -0.000000136. The Bertz CT molecular complexity index is 2970. The first kappa shape index (κ1) is 134. The van der Waals surface area contributed by atoms with E-state index in [9.17, 15) is 0 Å². The number of imidazole rings is 1. The highest BCUT2D eigenvalue weighted by atomic mass is 32.1. The van der Waals surface area contributed by atoms with Crippen molar-refractivity contribution in [1.82, 2.24) is 90.5 Å². The molecule has 10 rings (SSSR count). The summed E-state index contributed by atoms with van der Waals surface area (Å²) in [5, 5.41) is 39.8. The molecule has 0 aliphatic heterocycles. The van der Waals surface area contributed by atoms with Crippen molar-refractivity contribution >= 4 is 22.7 Å². The normalized spacial score (nSPS) is 9.53. The van der Waals surface area contributed by atoms with E-state index in [0.717, 1.165) is 79.5 Å². The van der Waals surface area contributed by atoms with Gasteiger partial charge in [0.1, 0.15) is 38.9 Å². The first-order chi connectivity index (χ1) is 56.5. The van der Waals surface area contributed by atoms with Crippen molar-refractivity contribution in [1.29, 1.82) is 0 Å². The number of aromatic nitrogens is 18. The summed E-state index contributed by atoms with van der Waals surface area (Å²) in [7, 11) is 1.87. The number of thiophene rings is 1. The van der Waals surface area contributed by atoms with Crippen LogP contribution in [-0.2, 0) is 7.05 Å². The standard InChI is InChI=1S/C8H13NO.C8H12S.C7H12N2.2C7H11NO.3C6H11N3.C6H10N2O.C6H10N2S.10C3H8/c1-5(2)8-6(3)9-7(4)10-8;1-6(2)8-5-4-7(3)9-8;2*1-5(2)7-4-8-6(3)9-7;1-5(2)7-8-4-6(3)9-7;1-5(2)6-4-9(3)8-7-6;1-5(2)9-4-6(3)7-8-9;1-4(2)6-7-5(3)8-9-6;2*1-4(2)6-8-7-5(3)9-6;10*1-3-2/h5H,1-4H3;4-6H,1-3H3;4-5H,1-3H3,(H,8,9);4*4-5H,1-3H3;4H,1-3H3,(H,7,8,9);2*4H,1-3H3;10*3H2,1-2H3. The van der Waals surface area contributed by atoms with Crippen LogP contribution in [0.2, 0.25) is 0 Å². The van der Waals surface area contributed by atoms with Gasteiger partial charge < -0.3 is 22.7 Å². The minimum absolute atomic E-state index is 0.339. The third-order valence-corrected chi connectivity index (χ3v) is 14.5. The van der Waals surface area contributed by atoms with Crippen LogP contribution >= 0.6 is 22.7 Å². The largest absolute Gasteiger partial charge is 0.446 e. The van der Waals surface area contributed by atoms with Gasteiger partial charge in [-0.2, -0.15) is 5.10 Å². The number of H-pyrrole nitrogens is 2. The molecule has 10 aromatic heterocycles. The zero-order valence-electron chi connectivity index (χ0n) is 88.0. The fraction of sp³-hybridized carbons (Fsp3) is 0.732. The van der Waals surface area contributed by atoms with Gasteiger partial charge in [0.05, 0.1) is 29.5 Å². The monoisotopic (exact) mass is 1740 g/mol. The Morgan fingerprint density at radius 2 is 0.868 bits per heavy atom. The SMILES string of the molecule is CC(C)c1cn(C)nn1.CCC.CCC.CCC.CCC.CCC.CCC.CCC.CCC.CCC.CCC.Cc1ccc(C(C)C)s1.Cc1cn(C(C)C)nn1.Cc1cnc(C(C)C)o1.Cc1nc(C(C)C)n[nH]1.Cc1nc(C)c(C(C)C)o1.Cc1ncc(C(C)C)[nH]1.Cc1ncc(C(C)C)o1.Cc1nnc(C(C)C)o1.Cc1nnc(C(C)C)s1. The topological polar surface area (TPSA) is 274 Å². The maximum absolute atomic E-state index is 5.36. The summed E-state index contributed by atoms with van der Waals surface area (Å²) >= 11 is 3.57. The van der Waals surface area contributed by atoms with Gasteiger partial charge in [-0.25, -0.2) is 29.6 Å². The smallest absolute Gasteiger partial charge is 0.219 e. The van der Waals surface area contributed by atoms with Crippen molar-refractivity contribution in [2.75, 3.05) is 0 Å². The van der Waals surface area contributed by atoms with Gasteiger partial charge in [-0.1, -0.05) is 338 Å². The Morgan fingerprint density at radius 3 is 1.03 bits per heavy atom. The molecular weight excluding hydrogens is 1550 g/mol. The predicted octanol–water partition coefficient (Wildman–Crippen LogP) is 32.6. The Kier molecular flexibility index (Phi) is 100. The fourth-order valence-electron chi connectivity index (χ4n) is 6.82. The summed E-state index contributed by atoms with van der Waals surface area (Å²) in [6, 6.07) is 4.82. The van der Waals surface area contributed by atoms with Crippen LogP contribution in [0.3, 0.4) is 0 Å². The van der Waals surface area contributed by atoms with Crippen molar-refractivity contribution in [3.8, 4) is 0 Å². The summed E-state index contributed by atoms with van der Waals surface area (Å²) in [6.45, 7) is 104. The lowest BCUT2D eigenvalue weighted by atomic mass is 10.1. The van der Waals surface area contributed by atoms with E-state index in [-0.39, 0.29) is 0 Å². The first-order valence-corrected chi connectivity index (χ1v) is 47.3. The van der Waals surface area contributed by atoms with Crippen LogP contribution in [0.4, 0.5) is 0 Å². The van der Waals surface area contributed by atoms with Gasteiger partial charge in [-0.15, -0.1) is 53.3 Å². The molecule has 10 aromatic rings. The third kappa shape index (κ3) is 87.4. The fourth-order valence-corrected chi connectivity index (χ4v) is 8.40. The van der Waals surface area contributed by atoms with E-state index < -0.39 is 0 Å². The molecule has 0 bridgehead atoms. The van der Waals surface area contributed by atoms with Crippen LogP contribution in [0.1, 0.15) is 507 Å². The van der Waals surface area contributed by atoms with Crippen LogP contribution in [0, 0.1) is 69.2 Å². The van der Waals surface area contributed by atoms with Gasteiger partial charge in [0.25, 0.3) is 0 Å². The number of aryl methyl sites for hydroxylation is 11. The molecule has 0 aliphatic rings. The number of rotatable bonds is 10. The number of nitrogens with zero attached hydrogens (tertiary/aromatic N) is 16. The zero-order chi connectivity index (χ0) is 96.5. The van der Waals surface area contributed by atoms with E-state index in [2.05, 4.69) is 363 Å². The van der Waals surface area contributed by atoms with Gasteiger partial charge in [-0.05, 0) is 92.2 Å². The molecule has 706 valence electrons. The maximum Gasteiger partial charge on any atom is 0.219 e. The van der Waals surface area contributed by atoms with E-state index in [0.29, 0.717) is 71.1 Å². The van der Waals surface area contributed by atoms with E-state index in [1.165, 1.54) is 79.7 Å². The molecule has 0 unspecified atom stereocenters. The summed E-state index contributed by atoms with van der Waals surface area (Å²) in [5.74, 6) is 13.7. The molecule has 121 heavy (non-hydrogen) atoms. The van der Waals surface area contributed by atoms with Crippen molar-refractivity contribution in [2.24, 2.45) is 7.05 Å². The van der Waals surface area contributed by atoms with Crippen LogP contribution in [0.25, 0.3) is 0 Å². The molecule has 0 radical (unpaired) electrons. The van der Waals surface area contributed by atoms with Crippen molar-refractivity contribution in [3.63, 3.8) is 0 Å². The lowest BCUT2D eigenvalue weighted by Gasteiger charge is -2.00. The average molecular weight is 1740 g/mol. The van der Waals surface area contributed by atoms with Crippen LogP contribution < -0.4 is 0 Å². The molecule has 0 amide bonds. The molecule has 0 aliphatic carbocycles. The molecule has 10 heterocycles. The Morgan fingerprint density at radius 1 is 0.380 bits per heavy atom. The molecular formula is C97H192N18O4S2. The van der Waals surface area contributed by atoms with Crippen molar-refractivity contribution in [2.45, 2.75) is 470 Å².